The molecule has 0 saturated heterocycles. The SMILES string of the molecule is Cc1ccccc1NC(=O)Cc1csc(Nc2ccc(OC(F)(F)F)cc2)n1. The van der Waals surface area contributed by atoms with Gasteiger partial charge in [-0.25, -0.2) is 4.98 Å². The maximum atomic E-state index is 12.2. The lowest BCUT2D eigenvalue weighted by atomic mass is 10.2. The molecule has 2 aromatic carbocycles. The Balaban J connectivity index is 1.57. The number of rotatable bonds is 6. The van der Waals surface area contributed by atoms with E-state index in [-0.39, 0.29) is 18.1 Å². The summed E-state index contributed by atoms with van der Waals surface area (Å²) in [5.74, 6) is -0.481. The minimum atomic E-state index is -4.72. The van der Waals surface area contributed by atoms with Gasteiger partial charge in [0.2, 0.25) is 5.91 Å². The van der Waals surface area contributed by atoms with Crippen molar-refractivity contribution in [1.82, 2.24) is 4.98 Å². The summed E-state index contributed by atoms with van der Waals surface area (Å²) in [7, 11) is 0. The first-order valence-electron chi connectivity index (χ1n) is 8.21. The van der Waals surface area contributed by atoms with Crippen molar-refractivity contribution in [3.63, 3.8) is 0 Å². The molecular formula is C19H16F3N3O2S. The van der Waals surface area contributed by atoms with Gasteiger partial charge in [-0.05, 0) is 42.8 Å². The Hall–Kier alpha value is -3.07. The van der Waals surface area contributed by atoms with Crippen LogP contribution >= 0.6 is 11.3 Å². The fraction of sp³-hybridized carbons (Fsp3) is 0.158. The number of aryl methyl sites for hydroxylation is 1. The predicted octanol–water partition coefficient (Wildman–Crippen LogP) is 5.27. The first-order valence-corrected chi connectivity index (χ1v) is 9.09. The van der Waals surface area contributed by atoms with Crippen LogP contribution in [0.3, 0.4) is 0 Å². The van der Waals surface area contributed by atoms with Gasteiger partial charge in [-0.2, -0.15) is 0 Å². The van der Waals surface area contributed by atoms with E-state index in [1.165, 1.54) is 35.6 Å². The van der Waals surface area contributed by atoms with Crippen LogP contribution in [0.4, 0.5) is 29.7 Å². The fourth-order valence-corrected chi connectivity index (χ4v) is 3.11. The van der Waals surface area contributed by atoms with Gasteiger partial charge in [0.15, 0.2) is 5.13 Å². The summed E-state index contributed by atoms with van der Waals surface area (Å²) in [5, 5.41) is 8.11. The van der Waals surface area contributed by atoms with Crippen molar-refractivity contribution in [2.75, 3.05) is 10.6 Å². The van der Waals surface area contributed by atoms with Crippen molar-refractivity contribution < 1.29 is 22.7 Å². The molecule has 0 unspecified atom stereocenters. The molecule has 0 aliphatic rings. The van der Waals surface area contributed by atoms with E-state index in [0.29, 0.717) is 16.5 Å². The molecule has 9 heteroatoms. The van der Waals surface area contributed by atoms with Crippen molar-refractivity contribution >= 4 is 33.8 Å². The number of nitrogens with one attached hydrogen (secondary N) is 2. The number of amides is 1. The second kappa shape index (κ2) is 8.30. The van der Waals surface area contributed by atoms with Crippen LogP contribution in [-0.4, -0.2) is 17.3 Å². The predicted molar refractivity (Wildman–Crippen MR) is 102 cm³/mol. The van der Waals surface area contributed by atoms with E-state index in [0.717, 1.165) is 11.3 Å². The number of thiazole rings is 1. The maximum Gasteiger partial charge on any atom is 0.573 e. The van der Waals surface area contributed by atoms with Gasteiger partial charge in [0.1, 0.15) is 5.75 Å². The molecule has 3 aromatic rings. The molecule has 0 fully saturated rings. The highest BCUT2D eigenvalue weighted by atomic mass is 32.1. The zero-order valence-corrected chi connectivity index (χ0v) is 15.5. The molecule has 0 spiro atoms. The summed E-state index contributed by atoms with van der Waals surface area (Å²) in [6.07, 6.45) is -4.61. The zero-order valence-electron chi connectivity index (χ0n) is 14.7. The molecule has 2 N–H and O–H groups in total. The Bertz CT molecular complexity index is 956. The number of halogens is 3. The van der Waals surface area contributed by atoms with Crippen LogP contribution in [0, 0.1) is 6.92 Å². The maximum absolute atomic E-state index is 12.2. The van der Waals surface area contributed by atoms with Crippen molar-refractivity contribution in [1.29, 1.82) is 0 Å². The van der Waals surface area contributed by atoms with Crippen LogP contribution < -0.4 is 15.4 Å². The van der Waals surface area contributed by atoms with Gasteiger partial charge in [-0.1, -0.05) is 18.2 Å². The van der Waals surface area contributed by atoms with Crippen molar-refractivity contribution in [3.05, 3.63) is 65.2 Å². The van der Waals surface area contributed by atoms with Gasteiger partial charge in [-0.15, -0.1) is 24.5 Å². The first-order chi connectivity index (χ1) is 13.3. The van der Waals surface area contributed by atoms with Crippen LogP contribution in [0.1, 0.15) is 11.3 Å². The van der Waals surface area contributed by atoms with Gasteiger partial charge in [0.05, 0.1) is 12.1 Å². The third-order valence-corrected chi connectivity index (χ3v) is 4.46. The van der Waals surface area contributed by atoms with Crippen LogP contribution in [-0.2, 0) is 11.2 Å². The van der Waals surface area contributed by atoms with Gasteiger partial charge in [0, 0.05) is 16.8 Å². The summed E-state index contributed by atoms with van der Waals surface area (Å²) >= 11 is 1.30. The van der Waals surface area contributed by atoms with E-state index in [1.54, 1.807) is 5.38 Å². The van der Waals surface area contributed by atoms with Gasteiger partial charge in [-0.3, -0.25) is 4.79 Å². The van der Waals surface area contributed by atoms with Crippen molar-refractivity contribution in [2.45, 2.75) is 19.7 Å². The lowest BCUT2D eigenvalue weighted by Crippen LogP contribution is -2.16. The molecule has 1 amide bonds. The Morgan fingerprint density at radius 2 is 1.86 bits per heavy atom. The minimum absolute atomic E-state index is 0.116. The Morgan fingerprint density at radius 3 is 2.54 bits per heavy atom. The van der Waals surface area contributed by atoms with Gasteiger partial charge in [0.25, 0.3) is 0 Å². The number of ether oxygens (including phenoxy) is 1. The van der Waals surface area contributed by atoms with E-state index in [2.05, 4.69) is 20.4 Å². The summed E-state index contributed by atoms with van der Waals surface area (Å²) in [5.41, 5.74) is 2.87. The molecule has 0 radical (unpaired) electrons. The number of carbonyl (C=O) groups is 1. The highest BCUT2D eigenvalue weighted by molar-refractivity contribution is 7.13. The van der Waals surface area contributed by atoms with Crippen LogP contribution in [0.5, 0.6) is 5.75 Å². The van der Waals surface area contributed by atoms with Crippen molar-refractivity contribution in [3.8, 4) is 5.75 Å². The molecule has 1 aromatic heterocycles. The number of anilines is 3. The Morgan fingerprint density at radius 1 is 1.14 bits per heavy atom. The number of alkyl halides is 3. The third-order valence-electron chi connectivity index (χ3n) is 3.65. The highest BCUT2D eigenvalue weighted by Crippen LogP contribution is 2.26. The number of carbonyl (C=O) groups excluding carboxylic acids is 1. The van der Waals surface area contributed by atoms with E-state index >= 15 is 0 Å². The molecule has 0 saturated carbocycles. The largest absolute Gasteiger partial charge is 0.573 e. The van der Waals surface area contributed by atoms with E-state index in [4.69, 9.17) is 0 Å². The fourth-order valence-electron chi connectivity index (χ4n) is 2.38. The Kier molecular flexibility index (Phi) is 5.84. The number of para-hydroxylation sites is 1. The Labute approximate surface area is 163 Å². The van der Waals surface area contributed by atoms with Crippen molar-refractivity contribution in [2.24, 2.45) is 0 Å². The van der Waals surface area contributed by atoms with E-state index in [9.17, 15) is 18.0 Å². The molecule has 0 atom stereocenters. The van der Waals surface area contributed by atoms with Gasteiger partial charge >= 0.3 is 6.36 Å². The molecule has 5 nitrogen and oxygen atoms in total. The van der Waals surface area contributed by atoms with Crippen LogP contribution in [0.15, 0.2) is 53.9 Å². The van der Waals surface area contributed by atoms with Crippen LogP contribution in [0.25, 0.3) is 0 Å². The molecule has 146 valence electrons. The lowest BCUT2D eigenvalue weighted by molar-refractivity contribution is -0.274. The summed E-state index contributed by atoms with van der Waals surface area (Å²) < 4.78 is 40.4. The number of hydrogen-bond acceptors (Lipinski definition) is 5. The zero-order chi connectivity index (χ0) is 20.1. The first kappa shape index (κ1) is 19.7. The monoisotopic (exact) mass is 407 g/mol. The highest BCUT2D eigenvalue weighted by Gasteiger charge is 2.30. The number of nitrogens with zero attached hydrogens (tertiary/aromatic N) is 1. The topological polar surface area (TPSA) is 63.2 Å². The standard InChI is InChI=1S/C19H16F3N3O2S/c1-12-4-2-3-5-16(12)25-17(26)10-14-11-28-18(24-14)23-13-6-8-15(9-7-13)27-19(20,21)22/h2-9,11H,10H2,1H3,(H,23,24)(H,25,26). The second-order valence-electron chi connectivity index (χ2n) is 5.88. The van der Waals surface area contributed by atoms with E-state index in [1.807, 2.05) is 31.2 Å². The molecule has 0 aliphatic carbocycles. The normalized spacial score (nSPS) is 11.1. The summed E-state index contributed by atoms with van der Waals surface area (Å²) in [4.78, 5) is 16.5. The second-order valence-corrected chi connectivity index (χ2v) is 6.74. The average molecular weight is 407 g/mol. The average Bonchev–Trinajstić information content (AvgIpc) is 3.04. The molecule has 28 heavy (non-hydrogen) atoms. The lowest BCUT2D eigenvalue weighted by Gasteiger charge is -2.09. The van der Waals surface area contributed by atoms with E-state index < -0.39 is 6.36 Å². The number of hydrogen-bond donors (Lipinski definition) is 2. The quantitative estimate of drug-likeness (QED) is 0.584. The molecule has 0 bridgehead atoms. The molecule has 3 rings (SSSR count). The molecule has 1 heterocycles. The van der Waals surface area contributed by atoms with Gasteiger partial charge < -0.3 is 15.4 Å². The van der Waals surface area contributed by atoms with Crippen LogP contribution in [0.2, 0.25) is 0 Å². The third kappa shape index (κ3) is 5.71. The summed E-state index contributed by atoms with van der Waals surface area (Å²) in [6, 6.07) is 12.8. The summed E-state index contributed by atoms with van der Waals surface area (Å²) in [6.45, 7) is 1.91. The molecule has 0 aliphatic heterocycles. The smallest absolute Gasteiger partial charge is 0.406 e. The molecular weight excluding hydrogens is 391 g/mol. The number of aromatic nitrogens is 1. The number of benzene rings is 2. The minimum Gasteiger partial charge on any atom is -0.406 e.